The highest BCUT2D eigenvalue weighted by molar-refractivity contribution is 9.10. The van der Waals surface area contributed by atoms with Gasteiger partial charge in [0.1, 0.15) is 12.4 Å². The molecule has 202 valence electrons. The highest BCUT2D eigenvalue weighted by atomic mass is 79.9. The van der Waals surface area contributed by atoms with Crippen LogP contribution >= 0.6 is 15.9 Å². The third kappa shape index (κ3) is 5.56. The zero-order valence-corrected chi connectivity index (χ0v) is 23.4. The predicted octanol–water partition coefficient (Wildman–Crippen LogP) is 4.04. The first-order chi connectivity index (χ1) is 17.6. The van der Waals surface area contributed by atoms with Gasteiger partial charge in [-0.15, -0.1) is 0 Å². The van der Waals surface area contributed by atoms with Gasteiger partial charge in [-0.2, -0.15) is 0 Å². The molecular formula is C27H34BrNO8. The monoisotopic (exact) mass is 579 g/mol. The number of aliphatic hydroxyl groups excluding tert-OH is 2. The Labute approximate surface area is 225 Å². The lowest BCUT2D eigenvalue weighted by Crippen LogP contribution is -2.47. The van der Waals surface area contributed by atoms with Crippen LogP contribution in [0.5, 0.6) is 17.2 Å². The van der Waals surface area contributed by atoms with Crippen molar-refractivity contribution in [2.45, 2.75) is 45.4 Å². The molecule has 2 aromatic rings. The number of hydrogen-bond acceptors (Lipinski definition) is 8. The maximum atomic E-state index is 13.4. The van der Waals surface area contributed by atoms with Crippen LogP contribution in [-0.4, -0.2) is 67.2 Å². The quantitative estimate of drug-likeness (QED) is 0.433. The number of amides is 2. The highest BCUT2D eigenvalue weighted by Gasteiger charge is 2.43. The molecule has 5 atom stereocenters. The van der Waals surface area contributed by atoms with Crippen molar-refractivity contribution in [2.75, 3.05) is 27.9 Å². The van der Waals surface area contributed by atoms with Gasteiger partial charge in [-0.1, -0.05) is 44.2 Å². The summed E-state index contributed by atoms with van der Waals surface area (Å²) in [7, 11) is 4.43. The Morgan fingerprint density at radius 3 is 2.24 bits per heavy atom. The molecule has 1 aliphatic heterocycles. The summed E-state index contributed by atoms with van der Waals surface area (Å²) in [5.41, 5.74) is 1.94. The van der Waals surface area contributed by atoms with Gasteiger partial charge in [0.15, 0.2) is 11.5 Å². The topological polar surface area (TPSA) is 115 Å². The molecule has 1 aliphatic rings. The minimum Gasteiger partial charge on any atom is -0.495 e. The van der Waals surface area contributed by atoms with Crippen molar-refractivity contribution in [1.82, 2.24) is 4.90 Å². The molecule has 37 heavy (non-hydrogen) atoms. The van der Waals surface area contributed by atoms with Crippen molar-refractivity contribution in [2.24, 2.45) is 11.8 Å². The van der Waals surface area contributed by atoms with Gasteiger partial charge in [-0.3, -0.25) is 4.79 Å². The number of carbonyl (C=O) groups is 2. The average molecular weight is 580 g/mol. The van der Waals surface area contributed by atoms with Crippen LogP contribution in [0.25, 0.3) is 0 Å². The molecule has 0 spiro atoms. The van der Waals surface area contributed by atoms with E-state index in [1.54, 1.807) is 13.8 Å². The standard InChI is InChI=1S/C27H34BrNO8/c1-14(22(31)19-20(28)23(34-4)16(3)24(35-5)25(19)36-6)21(30)15(2)26(32)29-18(13-37-27(29)33)12-17-10-8-7-9-11-17/h7-11,14-15,18,21-22,30-31H,12-13H2,1-6H3. The molecule has 0 aliphatic carbocycles. The van der Waals surface area contributed by atoms with Gasteiger partial charge in [0.25, 0.3) is 0 Å². The Morgan fingerprint density at radius 1 is 1.08 bits per heavy atom. The summed E-state index contributed by atoms with van der Waals surface area (Å²) in [5, 5.41) is 22.6. The number of cyclic esters (lactones) is 1. The van der Waals surface area contributed by atoms with Crippen LogP contribution in [0.15, 0.2) is 34.8 Å². The van der Waals surface area contributed by atoms with Crippen molar-refractivity contribution in [1.29, 1.82) is 0 Å². The number of benzene rings is 2. The SMILES string of the molecule is COc1c(C)c(OC)c(OC)c(C(O)C(C)C(O)C(C)C(=O)N2C(=O)OCC2Cc2ccccc2)c1Br. The van der Waals surface area contributed by atoms with Crippen LogP contribution in [-0.2, 0) is 16.0 Å². The first kappa shape index (κ1) is 28.7. The van der Waals surface area contributed by atoms with Gasteiger partial charge in [-0.25, -0.2) is 9.69 Å². The first-order valence-corrected chi connectivity index (χ1v) is 12.8. The molecule has 1 saturated heterocycles. The van der Waals surface area contributed by atoms with Gasteiger partial charge in [0.2, 0.25) is 5.91 Å². The van der Waals surface area contributed by atoms with Crippen molar-refractivity contribution in [3.05, 3.63) is 51.5 Å². The first-order valence-electron chi connectivity index (χ1n) is 12.0. The number of hydrogen-bond donors (Lipinski definition) is 2. The van der Waals surface area contributed by atoms with E-state index >= 15 is 0 Å². The fourth-order valence-corrected chi connectivity index (χ4v) is 5.65. The molecule has 3 rings (SSSR count). The summed E-state index contributed by atoms with van der Waals surface area (Å²) in [6.45, 7) is 5.02. The summed E-state index contributed by atoms with van der Waals surface area (Å²) in [4.78, 5) is 27.0. The molecule has 2 amide bonds. The largest absolute Gasteiger partial charge is 0.495 e. The van der Waals surface area contributed by atoms with Gasteiger partial charge in [-0.05, 0) is 34.8 Å². The molecule has 2 N–H and O–H groups in total. The Bertz CT molecular complexity index is 1130. The van der Waals surface area contributed by atoms with E-state index < -0.39 is 42.1 Å². The summed E-state index contributed by atoms with van der Waals surface area (Å²) in [5.74, 6) is -1.31. The zero-order valence-electron chi connectivity index (χ0n) is 21.9. The van der Waals surface area contributed by atoms with E-state index in [1.165, 1.54) is 28.3 Å². The number of rotatable bonds is 10. The number of halogens is 1. The van der Waals surface area contributed by atoms with E-state index in [0.717, 1.165) is 10.5 Å². The number of carbonyl (C=O) groups excluding carboxylic acids is 2. The third-order valence-electron chi connectivity index (χ3n) is 6.93. The summed E-state index contributed by atoms with van der Waals surface area (Å²) >= 11 is 3.49. The molecule has 0 aromatic heterocycles. The lowest BCUT2D eigenvalue weighted by molar-refractivity contribution is -0.138. The predicted molar refractivity (Wildman–Crippen MR) is 140 cm³/mol. The van der Waals surface area contributed by atoms with E-state index in [9.17, 15) is 19.8 Å². The molecule has 5 unspecified atom stereocenters. The molecule has 0 saturated carbocycles. The Balaban J connectivity index is 1.87. The molecular weight excluding hydrogens is 546 g/mol. The van der Waals surface area contributed by atoms with E-state index in [-0.39, 0.29) is 12.4 Å². The lowest BCUT2D eigenvalue weighted by atomic mass is 9.84. The van der Waals surface area contributed by atoms with E-state index in [1.807, 2.05) is 30.3 Å². The van der Waals surface area contributed by atoms with E-state index in [0.29, 0.717) is 33.5 Å². The van der Waals surface area contributed by atoms with Crippen molar-refractivity contribution in [3.63, 3.8) is 0 Å². The number of nitrogens with zero attached hydrogens (tertiary/aromatic N) is 1. The van der Waals surface area contributed by atoms with E-state index in [2.05, 4.69) is 15.9 Å². The van der Waals surface area contributed by atoms with Gasteiger partial charge < -0.3 is 29.2 Å². The number of aliphatic hydroxyl groups is 2. The Morgan fingerprint density at radius 2 is 1.68 bits per heavy atom. The zero-order chi connectivity index (χ0) is 27.4. The normalized spacial score (nSPS) is 18.6. The van der Waals surface area contributed by atoms with Crippen LogP contribution < -0.4 is 14.2 Å². The fraction of sp³-hybridized carbons (Fsp3) is 0.481. The lowest BCUT2D eigenvalue weighted by Gasteiger charge is -2.32. The fourth-order valence-electron chi connectivity index (χ4n) is 4.78. The van der Waals surface area contributed by atoms with Gasteiger partial charge in [0, 0.05) is 17.0 Å². The number of imide groups is 1. The van der Waals surface area contributed by atoms with Crippen molar-refractivity contribution >= 4 is 27.9 Å². The van der Waals surface area contributed by atoms with Gasteiger partial charge >= 0.3 is 6.09 Å². The summed E-state index contributed by atoms with van der Waals surface area (Å²) in [6.07, 6.45) is -2.88. The summed E-state index contributed by atoms with van der Waals surface area (Å²) < 4.78 is 22.2. The minimum absolute atomic E-state index is 0.0769. The van der Waals surface area contributed by atoms with Gasteiger partial charge in [0.05, 0.1) is 50.0 Å². The van der Waals surface area contributed by atoms with Crippen molar-refractivity contribution < 1.29 is 38.7 Å². The molecule has 9 nitrogen and oxygen atoms in total. The molecule has 0 bridgehead atoms. The number of ether oxygens (including phenoxy) is 4. The maximum absolute atomic E-state index is 13.4. The molecule has 1 fully saturated rings. The van der Waals surface area contributed by atoms with Crippen LogP contribution in [0.4, 0.5) is 4.79 Å². The van der Waals surface area contributed by atoms with Crippen LogP contribution in [0.3, 0.4) is 0 Å². The molecule has 1 heterocycles. The third-order valence-corrected chi connectivity index (χ3v) is 7.71. The second-order valence-corrected chi connectivity index (χ2v) is 9.96. The number of methoxy groups -OCH3 is 3. The maximum Gasteiger partial charge on any atom is 0.416 e. The van der Waals surface area contributed by atoms with Crippen LogP contribution in [0.1, 0.15) is 36.6 Å². The minimum atomic E-state index is -1.30. The second kappa shape index (κ2) is 12.1. The average Bonchev–Trinajstić information content (AvgIpc) is 3.26. The molecule has 2 aromatic carbocycles. The van der Waals surface area contributed by atoms with E-state index in [4.69, 9.17) is 18.9 Å². The second-order valence-electron chi connectivity index (χ2n) is 9.16. The Kier molecular flexibility index (Phi) is 9.44. The van der Waals surface area contributed by atoms with Crippen molar-refractivity contribution in [3.8, 4) is 17.2 Å². The molecule has 10 heteroatoms. The Hall–Kier alpha value is -2.82. The van der Waals surface area contributed by atoms with Crippen LogP contribution in [0, 0.1) is 18.8 Å². The molecule has 0 radical (unpaired) electrons. The summed E-state index contributed by atoms with van der Waals surface area (Å²) in [6, 6.07) is 9.00. The smallest absolute Gasteiger partial charge is 0.416 e. The van der Waals surface area contributed by atoms with Crippen LogP contribution in [0.2, 0.25) is 0 Å². The highest BCUT2D eigenvalue weighted by Crippen LogP contribution is 2.50.